The summed E-state index contributed by atoms with van der Waals surface area (Å²) in [5.74, 6) is -0.369. The number of amides is 1. The number of hydrogen-bond acceptors (Lipinski definition) is 2. The van der Waals surface area contributed by atoms with Crippen LogP contribution in [-0.4, -0.2) is 25.0 Å². The molecule has 1 saturated heterocycles. The van der Waals surface area contributed by atoms with Gasteiger partial charge >= 0.3 is 0 Å². The van der Waals surface area contributed by atoms with Crippen LogP contribution in [0.3, 0.4) is 0 Å². The van der Waals surface area contributed by atoms with Crippen LogP contribution in [0.15, 0.2) is 48.5 Å². The van der Waals surface area contributed by atoms with Gasteiger partial charge in [0.05, 0.1) is 0 Å². The van der Waals surface area contributed by atoms with Crippen LogP contribution in [0.1, 0.15) is 23.2 Å². The molecule has 1 aliphatic heterocycles. The molecule has 1 fully saturated rings. The molecule has 0 aromatic heterocycles. The Balaban J connectivity index is 1.66. The average molecular weight is 333 g/mol. The van der Waals surface area contributed by atoms with Gasteiger partial charge in [0, 0.05) is 35.4 Å². The van der Waals surface area contributed by atoms with Crippen molar-refractivity contribution >= 4 is 23.2 Å². The van der Waals surface area contributed by atoms with Gasteiger partial charge in [-0.3, -0.25) is 4.79 Å². The van der Waals surface area contributed by atoms with Crippen molar-refractivity contribution in [2.75, 3.05) is 18.0 Å². The van der Waals surface area contributed by atoms with Gasteiger partial charge in [-0.1, -0.05) is 23.7 Å². The third kappa shape index (κ3) is 4.02. The molecule has 1 aliphatic rings. The minimum atomic E-state index is -0.243. The largest absolute Gasteiger partial charge is 0.369 e. The zero-order valence-corrected chi connectivity index (χ0v) is 13.4. The third-order valence-electron chi connectivity index (χ3n) is 4.02. The number of halogens is 2. The first-order chi connectivity index (χ1) is 11.1. The third-order valence-corrected chi connectivity index (χ3v) is 4.25. The summed E-state index contributed by atoms with van der Waals surface area (Å²) in [6, 6.07) is 13.5. The van der Waals surface area contributed by atoms with Gasteiger partial charge in [0.15, 0.2) is 0 Å². The molecule has 0 spiro atoms. The van der Waals surface area contributed by atoms with Crippen LogP contribution >= 0.6 is 11.6 Å². The lowest BCUT2D eigenvalue weighted by molar-refractivity contribution is 0.0933. The number of benzene rings is 2. The van der Waals surface area contributed by atoms with Crippen LogP contribution in [0.4, 0.5) is 10.1 Å². The summed E-state index contributed by atoms with van der Waals surface area (Å²) in [6.45, 7) is 1.54. The van der Waals surface area contributed by atoms with Gasteiger partial charge in [-0.2, -0.15) is 0 Å². The molecule has 1 unspecified atom stereocenters. The second kappa shape index (κ2) is 7.01. The fourth-order valence-electron chi connectivity index (χ4n) is 2.90. The number of nitrogens with zero attached hydrogens (tertiary/aromatic N) is 1. The van der Waals surface area contributed by atoms with E-state index in [1.165, 1.54) is 12.1 Å². The Hall–Kier alpha value is -2.07. The number of nitrogens with one attached hydrogen (secondary N) is 1. The lowest BCUT2D eigenvalue weighted by atomic mass is 10.0. The molecule has 3 nitrogen and oxygen atoms in total. The molecule has 1 N–H and O–H groups in total. The summed E-state index contributed by atoms with van der Waals surface area (Å²) in [7, 11) is 0. The maximum absolute atomic E-state index is 13.4. The summed E-state index contributed by atoms with van der Waals surface area (Å²) < 4.78 is 13.4. The Kier molecular flexibility index (Phi) is 4.82. The zero-order valence-electron chi connectivity index (χ0n) is 12.6. The molecule has 120 valence electrons. The Morgan fingerprint density at radius 3 is 2.83 bits per heavy atom. The van der Waals surface area contributed by atoms with E-state index in [4.69, 9.17) is 11.6 Å². The molecule has 2 aromatic carbocycles. The van der Waals surface area contributed by atoms with Gasteiger partial charge in [0.25, 0.3) is 5.91 Å². The first kappa shape index (κ1) is 15.8. The van der Waals surface area contributed by atoms with Gasteiger partial charge in [-0.15, -0.1) is 0 Å². The molecule has 23 heavy (non-hydrogen) atoms. The summed E-state index contributed by atoms with van der Waals surface area (Å²) in [4.78, 5) is 14.4. The van der Waals surface area contributed by atoms with Crippen LogP contribution in [0, 0.1) is 5.82 Å². The molecule has 1 atom stereocenters. The highest BCUT2D eigenvalue weighted by Crippen LogP contribution is 2.21. The second-order valence-corrected chi connectivity index (χ2v) is 6.19. The first-order valence-electron chi connectivity index (χ1n) is 7.69. The van der Waals surface area contributed by atoms with Crippen molar-refractivity contribution in [2.24, 2.45) is 0 Å². The molecule has 3 rings (SSSR count). The van der Waals surface area contributed by atoms with Crippen molar-refractivity contribution in [3.8, 4) is 0 Å². The van der Waals surface area contributed by atoms with Gasteiger partial charge in [0.1, 0.15) is 5.82 Å². The fourth-order valence-corrected chi connectivity index (χ4v) is 3.09. The van der Waals surface area contributed by atoms with E-state index in [1.54, 1.807) is 30.3 Å². The molecule has 0 aliphatic carbocycles. The van der Waals surface area contributed by atoms with E-state index in [2.05, 4.69) is 10.2 Å². The average Bonchev–Trinajstić information content (AvgIpc) is 2.55. The molecular formula is C18H18ClFN2O. The van der Waals surface area contributed by atoms with E-state index in [-0.39, 0.29) is 17.8 Å². The van der Waals surface area contributed by atoms with Crippen LogP contribution < -0.4 is 10.2 Å². The molecule has 2 aromatic rings. The van der Waals surface area contributed by atoms with E-state index in [1.807, 2.05) is 6.07 Å². The minimum Gasteiger partial charge on any atom is -0.369 e. The predicted octanol–water partition coefficient (Wildman–Crippen LogP) is 3.88. The van der Waals surface area contributed by atoms with E-state index < -0.39 is 0 Å². The minimum absolute atomic E-state index is 0.0403. The molecule has 1 heterocycles. The normalized spacial score (nSPS) is 17.8. The maximum Gasteiger partial charge on any atom is 0.251 e. The topological polar surface area (TPSA) is 32.3 Å². The summed E-state index contributed by atoms with van der Waals surface area (Å²) in [6.07, 6.45) is 1.87. The van der Waals surface area contributed by atoms with Crippen molar-refractivity contribution < 1.29 is 9.18 Å². The highest BCUT2D eigenvalue weighted by atomic mass is 35.5. The molecule has 5 heteroatoms. The van der Waals surface area contributed by atoms with Crippen LogP contribution in [0.2, 0.25) is 5.02 Å². The maximum atomic E-state index is 13.4. The van der Waals surface area contributed by atoms with Gasteiger partial charge in [-0.25, -0.2) is 4.39 Å². The lowest BCUT2D eigenvalue weighted by Gasteiger charge is -2.34. The quantitative estimate of drug-likeness (QED) is 0.925. The zero-order chi connectivity index (χ0) is 16.2. The SMILES string of the molecule is O=C(NC1CCCN(c2cccc(F)c2)C1)c1cccc(Cl)c1. The molecule has 0 radical (unpaired) electrons. The fraction of sp³-hybridized carbons (Fsp3) is 0.278. The van der Waals surface area contributed by atoms with E-state index in [9.17, 15) is 9.18 Å². The van der Waals surface area contributed by atoms with Gasteiger partial charge in [0.2, 0.25) is 0 Å². The predicted molar refractivity (Wildman–Crippen MR) is 90.6 cm³/mol. The number of piperidine rings is 1. The van der Waals surface area contributed by atoms with Crippen LogP contribution in [0.5, 0.6) is 0 Å². The molecule has 1 amide bonds. The number of carbonyl (C=O) groups is 1. The van der Waals surface area contributed by atoms with Crippen molar-refractivity contribution in [3.05, 3.63) is 64.9 Å². The smallest absolute Gasteiger partial charge is 0.251 e. The summed E-state index contributed by atoms with van der Waals surface area (Å²) >= 11 is 5.93. The van der Waals surface area contributed by atoms with Crippen molar-refractivity contribution in [3.63, 3.8) is 0 Å². The van der Waals surface area contributed by atoms with Crippen LogP contribution in [0.25, 0.3) is 0 Å². The van der Waals surface area contributed by atoms with Crippen molar-refractivity contribution in [1.29, 1.82) is 0 Å². The van der Waals surface area contributed by atoms with Gasteiger partial charge in [-0.05, 0) is 49.2 Å². The number of carbonyl (C=O) groups excluding carboxylic acids is 1. The van der Waals surface area contributed by atoms with E-state index in [0.29, 0.717) is 17.1 Å². The second-order valence-electron chi connectivity index (χ2n) is 5.75. The van der Waals surface area contributed by atoms with E-state index >= 15 is 0 Å². The molecule has 0 bridgehead atoms. The Morgan fingerprint density at radius 2 is 2.04 bits per heavy atom. The monoisotopic (exact) mass is 332 g/mol. The lowest BCUT2D eigenvalue weighted by Crippen LogP contribution is -2.47. The number of hydrogen-bond donors (Lipinski definition) is 1. The number of rotatable bonds is 3. The summed E-state index contributed by atoms with van der Waals surface area (Å²) in [5.41, 5.74) is 1.41. The van der Waals surface area contributed by atoms with Crippen molar-refractivity contribution in [1.82, 2.24) is 5.32 Å². The van der Waals surface area contributed by atoms with E-state index in [0.717, 1.165) is 25.1 Å². The van der Waals surface area contributed by atoms with Crippen molar-refractivity contribution in [2.45, 2.75) is 18.9 Å². The van der Waals surface area contributed by atoms with Crippen LogP contribution in [-0.2, 0) is 0 Å². The summed E-state index contributed by atoms with van der Waals surface area (Å²) in [5, 5.41) is 3.59. The highest BCUT2D eigenvalue weighted by Gasteiger charge is 2.22. The Labute approximate surface area is 140 Å². The molecule has 0 saturated carbocycles. The Morgan fingerprint density at radius 1 is 1.22 bits per heavy atom. The first-order valence-corrected chi connectivity index (χ1v) is 8.06. The van der Waals surface area contributed by atoms with Gasteiger partial charge < -0.3 is 10.2 Å². The number of anilines is 1. The Bertz CT molecular complexity index is 707. The highest BCUT2D eigenvalue weighted by molar-refractivity contribution is 6.30. The standard InChI is InChI=1S/C18H18ClFN2O/c19-14-5-1-4-13(10-14)18(23)21-16-7-3-9-22(12-16)17-8-2-6-15(20)11-17/h1-2,4-6,8,10-11,16H,3,7,9,12H2,(H,21,23). The molecular weight excluding hydrogens is 315 g/mol.